The lowest BCUT2D eigenvalue weighted by molar-refractivity contribution is -0.122. The van der Waals surface area contributed by atoms with E-state index in [1.165, 1.54) is 48.9 Å². The summed E-state index contributed by atoms with van der Waals surface area (Å²) in [5.74, 6) is 1.43. The summed E-state index contributed by atoms with van der Waals surface area (Å²) in [6.45, 7) is 16.9. The van der Waals surface area contributed by atoms with E-state index in [0.717, 1.165) is 54.4 Å². The lowest BCUT2D eigenvalue weighted by Gasteiger charge is -2.28. The zero-order valence-electron chi connectivity index (χ0n) is 28.6. The van der Waals surface area contributed by atoms with E-state index in [9.17, 15) is 0 Å². The monoisotopic (exact) mass is 639 g/mol. The first kappa shape index (κ1) is 35.6. The molecule has 252 valence electrons. The van der Waals surface area contributed by atoms with Gasteiger partial charge in [0.05, 0.1) is 30.1 Å². The standard InChI is InChI=1S/C38H51N5O.CH2O2/c1-27(2)31-15-18-33(19-16-31)40-26-38-41-35-25-32(17-20-36(35)42(38)6)30(5)43(37-14-10-11-22-39-37)23-21-28(3)24-29(4)44-34-12-8-7-9-13-34;2-1-3/h10-11,14-20,22,25,27,29,34,38,40-41H,3,5,7-9,12-13,21,23-24,26H2,1-2,4,6H3;1H,(H,2,3). The summed E-state index contributed by atoms with van der Waals surface area (Å²) < 4.78 is 6.37. The molecule has 8 heteroatoms. The van der Waals surface area contributed by atoms with E-state index in [-0.39, 0.29) is 18.7 Å². The third-order valence-electron chi connectivity index (χ3n) is 9.07. The molecule has 0 bridgehead atoms. The fraction of sp³-hybridized carbons (Fsp3) is 0.436. The van der Waals surface area contributed by atoms with Crippen LogP contribution in [-0.4, -0.2) is 55.1 Å². The normalized spacial score (nSPS) is 16.4. The van der Waals surface area contributed by atoms with E-state index in [1.807, 2.05) is 18.3 Å². The molecular weight excluding hydrogens is 586 g/mol. The van der Waals surface area contributed by atoms with E-state index in [1.54, 1.807) is 0 Å². The van der Waals surface area contributed by atoms with Crippen LogP contribution in [0.3, 0.4) is 0 Å². The molecule has 0 amide bonds. The first-order chi connectivity index (χ1) is 22.7. The molecule has 2 heterocycles. The highest BCUT2D eigenvalue weighted by Gasteiger charge is 2.27. The predicted molar refractivity (Wildman–Crippen MR) is 196 cm³/mol. The Morgan fingerprint density at radius 2 is 1.83 bits per heavy atom. The molecule has 3 N–H and O–H groups in total. The van der Waals surface area contributed by atoms with Crippen molar-refractivity contribution in [2.75, 3.05) is 40.6 Å². The molecule has 0 radical (unpaired) electrons. The molecule has 0 saturated heterocycles. The predicted octanol–water partition coefficient (Wildman–Crippen LogP) is 8.76. The van der Waals surface area contributed by atoms with Crippen molar-refractivity contribution in [1.29, 1.82) is 0 Å². The molecule has 8 nitrogen and oxygen atoms in total. The molecule has 2 unspecified atom stereocenters. The van der Waals surface area contributed by atoms with Gasteiger partial charge >= 0.3 is 0 Å². The first-order valence-electron chi connectivity index (χ1n) is 16.9. The van der Waals surface area contributed by atoms with Gasteiger partial charge in [0, 0.05) is 31.2 Å². The van der Waals surface area contributed by atoms with Gasteiger partial charge in [-0.05, 0) is 86.1 Å². The van der Waals surface area contributed by atoms with Crippen LogP contribution in [0.25, 0.3) is 5.70 Å². The number of aromatic nitrogens is 1. The Balaban J connectivity index is 0.00000160. The maximum absolute atomic E-state index is 8.36. The van der Waals surface area contributed by atoms with Crippen molar-refractivity contribution in [3.05, 3.63) is 96.7 Å². The number of carboxylic acid groups (broad SMARTS) is 1. The van der Waals surface area contributed by atoms with Crippen LogP contribution in [0.15, 0.2) is 85.6 Å². The zero-order chi connectivity index (χ0) is 33.8. The quantitative estimate of drug-likeness (QED) is 0.119. The van der Waals surface area contributed by atoms with Crippen molar-refractivity contribution in [2.24, 2.45) is 0 Å². The van der Waals surface area contributed by atoms with Crippen molar-refractivity contribution in [2.45, 2.75) is 90.0 Å². The first-order valence-corrected chi connectivity index (χ1v) is 16.9. The lowest BCUT2D eigenvalue weighted by Crippen LogP contribution is -2.38. The Morgan fingerprint density at radius 3 is 2.49 bits per heavy atom. The van der Waals surface area contributed by atoms with Gasteiger partial charge in [0.1, 0.15) is 12.0 Å². The molecule has 5 rings (SSSR count). The van der Waals surface area contributed by atoms with Gasteiger partial charge < -0.3 is 30.3 Å². The smallest absolute Gasteiger partial charge is 0.290 e. The van der Waals surface area contributed by atoms with Crippen molar-refractivity contribution in [1.82, 2.24) is 4.98 Å². The summed E-state index contributed by atoms with van der Waals surface area (Å²) in [5, 5.41) is 14.2. The molecule has 47 heavy (non-hydrogen) atoms. The third-order valence-corrected chi connectivity index (χ3v) is 9.07. The van der Waals surface area contributed by atoms with E-state index in [2.05, 4.69) is 115 Å². The van der Waals surface area contributed by atoms with Crippen molar-refractivity contribution < 1.29 is 14.6 Å². The minimum Gasteiger partial charge on any atom is -0.483 e. The number of pyridine rings is 1. The van der Waals surface area contributed by atoms with Crippen LogP contribution in [0, 0.1) is 0 Å². The van der Waals surface area contributed by atoms with E-state index < -0.39 is 0 Å². The number of hydrogen-bond donors (Lipinski definition) is 3. The van der Waals surface area contributed by atoms with E-state index in [4.69, 9.17) is 14.6 Å². The minimum absolute atomic E-state index is 0.145. The molecule has 1 aliphatic carbocycles. The van der Waals surface area contributed by atoms with Crippen molar-refractivity contribution >= 4 is 35.0 Å². The number of carbonyl (C=O) groups is 1. The van der Waals surface area contributed by atoms with Crippen LogP contribution in [0.5, 0.6) is 0 Å². The minimum atomic E-state index is -0.250. The van der Waals surface area contributed by atoms with Gasteiger partial charge in [0.15, 0.2) is 0 Å². The Bertz CT molecular complexity index is 1440. The van der Waals surface area contributed by atoms with Gasteiger partial charge in [-0.1, -0.05) is 76.1 Å². The van der Waals surface area contributed by atoms with Gasteiger partial charge in [-0.25, -0.2) is 4.98 Å². The summed E-state index contributed by atoms with van der Waals surface area (Å²) in [5.41, 5.74) is 8.01. The highest BCUT2D eigenvalue weighted by Crippen LogP contribution is 2.37. The number of nitrogens with zero attached hydrogens (tertiary/aromatic N) is 3. The van der Waals surface area contributed by atoms with Crippen LogP contribution >= 0.6 is 0 Å². The van der Waals surface area contributed by atoms with Crippen LogP contribution in [0.4, 0.5) is 22.9 Å². The Morgan fingerprint density at radius 1 is 1.11 bits per heavy atom. The fourth-order valence-electron chi connectivity index (χ4n) is 6.38. The molecule has 0 spiro atoms. The van der Waals surface area contributed by atoms with Crippen LogP contribution in [0.2, 0.25) is 0 Å². The Labute approximate surface area is 281 Å². The number of fused-ring (bicyclic) bond motifs is 1. The number of hydrogen-bond acceptors (Lipinski definition) is 7. The van der Waals surface area contributed by atoms with E-state index >= 15 is 0 Å². The highest BCUT2D eigenvalue weighted by molar-refractivity contribution is 5.84. The third kappa shape index (κ3) is 10.1. The SMILES string of the molecule is C=C(CCN(C(=C)c1ccc2c(c1)NC(CNc1ccc(C(C)C)cc1)N2C)c1ccccn1)CC(C)OC1CCCCC1.O=CO. The molecule has 2 aromatic carbocycles. The largest absolute Gasteiger partial charge is 0.483 e. The molecule has 2 aliphatic rings. The molecule has 1 aliphatic heterocycles. The summed E-state index contributed by atoms with van der Waals surface area (Å²) in [6.07, 6.45) is 10.6. The van der Waals surface area contributed by atoms with Crippen LogP contribution in [0.1, 0.15) is 82.8 Å². The van der Waals surface area contributed by atoms with Crippen molar-refractivity contribution in [3.8, 4) is 0 Å². The molecule has 1 saturated carbocycles. The summed E-state index contributed by atoms with van der Waals surface area (Å²) >= 11 is 0. The van der Waals surface area contributed by atoms with Gasteiger partial charge in [-0.3, -0.25) is 4.79 Å². The summed E-state index contributed by atoms with van der Waals surface area (Å²) in [4.78, 5) is 17.6. The average molecular weight is 640 g/mol. The molecule has 3 aromatic rings. The number of likely N-dealkylation sites (N-methyl/N-ethyl adjacent to an activating group) is 1. The summed E-state index contributed by atoms with van der Waals surface area (Å²) in [6, 6.07) is 21.4. The number of nitrogens with one attached hydrogen (secondary N) is 2. The van der Waals surface area contributed by atoms with Gasteiger partial charge in [-0.15, -0.1) is 0 Å². The van der Waals surface area contributed by atoms with Gasteiger partial charge in [-0.2, -0.15) is 0 Å². The van der Waals surface area contributed by atoms with Crippen LogP contribution < -0.4 is 20.4 Å². The zero-order valence-corrected chi connectivity index (χ0v) is 28.6. The second-order valence-electron chi connectivity index (χ2n) is 13.0. The average Bonchev–Trinajstić information content (AvgIpc) is 3.39. The topological polar surface area (TPSA) is 90.0 Å². The molecule has 1 aromatic heterocycles. The number of benzene rings is 2. The molecule has 2 atom stereocenters. The second kappa shape index (κ2) is 17.6. The number of rotatable bonds is 14. The maximum atomic E-state index is 8.36. The summed E-state index contributed by atoms with van der Waals surface area (Å²) in [7, 11) is 2.15. The van der Waals surface area contributed by atoms with E-state index in [0.29, 0.717) is 12.0 Å². The molecule has 1 fully saturated rings. The Hall–Kier alpha value is -4.30. The highest BCUT2D eigenvalue weighted by atomic mass is 16.5. The number of anilines is 4. The maximum Gasteiger partial charge on any atom is 0.290 e. The van der Waals surface area contributed by atoms with Gasteiger partial charge in [0.2, 0.25) is 0 Å². The van der Waals surface area contributed by atoms with Crippen LogP contribution in [-0.2, 0) is 9.53 Å². The number of ether oxygens (including phenoxy) is 1. The fourth-order valence-corrected chi connectivity index (χ4v) is 6.38. The molecular formula is C39H53N5O3. The van der Waals surface area contributed by atoms with Crippen molar-refractivity contribution in [3.63, 3.8) is 0 Å². The second-order valence-corrected chi connectivity index (χ2v) is 13.0. The van der Waals surface area contributed by atoms with Gasteiger partial charge in [0.25, 0.3) is 6.47 Å². The Kier molecular flexibility index (Phi) is 13.3. The lowest BCUT2D eigenvalue weighted by atomic mass is 9.97.